The predicted octanol–water partition coefficient (Wildman–Crippen LogP) is 2.06. The van der Waals surface area contributed by atoms with E-state index >= 15 is 0 Å². The Balaban J connectivity index is 3.84. The third-order valence-electron chi connectivity index (χ3n) is 1.96. The van der Waals surface area contributed by atoms with E-state index in [0.717, 1.165) is 19.3 Å². The lowest BCUT2D eigenvalue weighted by atomic mass is 10.1. The van der Waals surface area contributed by atoms with Crippen molar-refractivity contribution in [3.63, 3.8) is 0 Å². The Bertz CT molecular complexity index is 201. The van der Waals surface area contributed by atoms with Crippen LogP contribution in [0.4, 0.5) is 0 Å². The molecule has 0 bridgehead atoms. The summed E-state index contributed by atoms with van der Waals surface area (Å²) < 4.78 is 9.77. The molecule has 0 aliphatic rings. The van der Waals surface area contributed by atoms with Crippen LogP contribution < -0.4 is 0 Å². The molecule has 0 fully saturated rings. The predicted molar refractivity (Wildman–Crippen MR) is 56.3 cm³/mol. The van der Waals surface area contributed by atoms with Gasteiger partial charge in [-0.1, -0.05) is 20.3 Å². The largest absolute Gasteiger partial charge is 0.466 e. The van der Waals surface area contributed by atoms with E-state index in [0.29, 0.717) is 0 Å². The van der Waals surface area contributed by atoms with Gasteiger partial charge in [0.05, 0.1) is 6.61 Å². The average molecular weight is 216 g/mol. The number of carbonyl (C=O) groups is 2. The van der Waals surface area contributed by atoms with Gasteiger partial charge in [-0.3, -0.25) is 9.59 Å². The normalized spacial score (nSPS) is 11.9. The summed E-state index contributed by atoms with van der Waals surface area (Å²) >= 11 is 0. The van der Waals surface area contributed by atoms with E-state index in [2.05, 4.69) is 4.74 Å². The molecule has 15 heavy (non-hydrogen) atoms. The summed E-state index contributed by atoms with van der Waals surface area (Å²) in [6.07, 6.45) is 2.23. The van der Waals surface area contributed by atoms with Gasteiger partial charge in [-0.25, -0.2) is 0 Å². The second-order valence-electron chi connectivity index (χ2n) is 3.29. The molecular weight excluding hydrogens is 196 g/mol. The van der Waals surface area contributed by atoms with Crippen LogP contribution in [0.25, 0.3) is 0 Å². The van der Waals surface area contributed by atoms with E-state index in [1.807, 2.05) is 13.8 Å². The lowest BCUT2D eigenvalue weighted by molar-refractivity contribution is -0.157. The van der Waals surface area contributed by atoms with E-state index in [1.54, 1.807) is 6.92 Å². The zero-order valence-electron chi connectivity index (χ0n) is 9.75. The topological polar surface area (TPSA) is 52.6 Å². The number of rotatable bonds is 7. The summed E-state index contributed by atoms with van der Waals surface area (Å²) in [5.74, 6) is -1.01. The van der Waals surface area contributed by atoms with Gasteiger partial charge in [0.1, 0.15) is 12.5 Å². The van der Waals surface area contributed by atoms with E-state index in [9.17, 15) is 9.59 Å². The Morgan fingerprint density at radius 3 is 2.27 bits per heavy atom. The monoisotopic (exact) mass is 216 g/mol. The van der Waals surface area contributed by atoms with Crippen LogP contribution in [0.15, 0.2) is 0 Å². The van der Waals surface area contributed by atoms with Gasteiger partial charge >= 0.3 is 11.9 Å². The SMILES string of the molecule is CCCC(CC)OC(=O)CC(=O)OCC. The van der Waals surface area contributed by atoms with Crippen LogP contribution in [0.3, 0.4) is 0 Å². The minimum atomic E-state index is -0.520. The van der Waals surface area contributed by atoms with Gasteiger partial charge in [0.15, 0.2) is 0 Å². The zero-order valence-corrected chi connectivity index (χ0v) is 9.75. The van der Waals surface area contributed by atoms with Gasteiger partial charge in [-0.15, -0.1) is 0 Å². The summed E-state index contributed by atoms with van der Waals surface area (Å²) in [7, 11) is 0. The third-order valence-corrected chi connectivity index (χ3v) is 1.96. The van der Waals surface area contributed by atoms with Gasteiger partial charge in [0.25, 0.3) is 0 Å². The van der Waals surface area contributed by atoms with Gasteiger partial charge in [0.2, 0.25) is 0 Å². The molecule has 0 saturated carbocycles. The highest BCUT2D eigenvalue weighted by Crippen LogP contribution is 2.07. The summed E-state index contributed by atoms with van der Waals surface area (Å²) in [5, 5.41) is 0. The van der Waals surface area contributed by atoms with Crippen molar-refractivity contribution in [1.82, 2.24) is 0 Å². The van der Waals surface area contributed by atoms with Crippen LogP contribution in [0.1, 0.15) is 46.5 Å². The van der Waals surface area contributed by atoms with Crippen molar-refractivity contribution in [1.29, 1.82) is 0 Å². The summed E-state index contributed by atoms with van der Waals surface area (Å²) in [6.45, 7) is 5.98. The van der Waals surface area contributed by atoms with Crippen LogP contribution in [0, 0.1) is 0 Å². The van der Waals surface area contributed by atoms with Crippen LogP contribution in [0.2, 0.25) is 0 Å². The molecule has 0 spiro atoms. The Morgan fingerprint density at radius 2 is 1.80 bits per heavy atom. The quantitative estimate of drug-likeness (QED) is 0.483. The minimum absolute atomic E-state index is 0.0723. The Morgan fingerprint density at radius 1 is 1.13 bits per heavy atom. The molecule has 0 radical (unpaired) electrons. The molecule has 1 atom stereocenters. The maximum Gasteiger partial charge on any atom is 0.317 e. The molecule has 0 aromatic carbocycles. The van der Waals surface area contributed by atoms with Crippen molar-refractivity contribution in [2.24, 2.45) is 0 Å². The highest BCUT2D eigenvalue weighted by molar-refractivity contribution is 5.91. The maximum atomic E-state index is 11.2. The highest BCUT2D eigenvalue weighted by atomic mass is 16.6. The van der Waals surface area contributed by atoms with Crippen molar-refractivity contribution in [2.45, 2.75) is 52.6 Å². The first-order valence-electron chi connectivity index (χ1n) is 5.49. The van der Waals surface area contributed by atoms with Crippen LogP contribution in [-0.4, -0.2) is 24.6 Å². The standard InChI is InChI=1S/C11H20O4/c1-4-7-9(5-2)15-11(13)8-10(12)14-6-3/h9H,4-8H2,1-3H3. The molecule has 0 N–H and O–H groups in total. The van der Waals surface area contributed by atoms with E-state index in [1.165, 1.54) is 0 Å². The van der Waals surface area contributed by atoms with Gasteiger partial charge in [-0.2, -0.15) is 0 Å². The number of ether oxygens (including phenoxy) is 2. The summed E-state index contributed by atoms with van der Waals surface area (Å²) in [4.78, 5) is 22.2. The molecule has 0 aliphatic heterocycles. The number of carbonyl (C=O) groups excluding carboxylic acids is 2. The maximum absolute atomic E-state index is 11.2. The number of esters is 2. The highest BCUT2D eigenvalue weighted by Gasteiger charge is 2.15. The minimum Gasteiger partial charge on any atom is -0.466 e. The zero-order chi connectivity index (χ0) is 11.7. The molecule has 0 heterocycles. The molecule has 4 nitrogen and oxygen atoms in total. The fourth-order valence-electron chi connectivity index (χ4n) is 1.23. The molecule has 0 aromatic rings. The summed E-state index contributed by atoms with van der Waals surface area (Å²) in [5.41, 5.74) is 0. The van der Waals surface area contributed by atoms with Crippen molar-refractivity contribution < 1.29 is 19.1 Å². The average Bonchev–Trinajstić information content (AvgIpc) is 2.17. The first-order chi connectivity index (χ1) is 7.13. The van der Waals surface area contributed by atoms with E-state index < -0.39 is 11.9 Å². The fourth-order valence-corrected chi connectivity index (χ4v) is 1.23. The van der Waals surface area contributed by atoms with Crippen molar-refractivity contribution in [3.8, 4) is 0 Å². The van der Waals surface area contributed by atoms with Crippen molar-refractivity contribution in [2.75, 3.05) is 6.61 Å². The van der Waals surface area contributed by atoms with Gasteiger partial charge in [0, 0.05) is 0 Å². The lowest BCUT2D eigenvalue weighted by Crippen LogP contribution is -2.20. The Hall–Kier alpha value is -1.06. The first-order valence-corrected chi connectivity index (χ1v) is 5.49. The van der Waals surface area contributed by atoms with E-state index in [4.69, 9.17) is 4.74 Å². The van der Waals surface area contributed by atoms with Gasteiger partial charge < -0.3 is 9.47 Å². The van der Waals surface area contributed by atoms with E-state index in [-0.39, 0.29) is 19.1 Å². The van der Waals surface area contributed by atoms with Crippen molar-refractivity contribution in [3.05, 3.63) is 0 Å². The molecule has 0 saturated heterocycles. The third kappa shape index (κ3) is 6.94. The van der Waals surface area contributed by atoms with Crippen LogP contribution >= 0.6 is 0 Å². The van der Waals surface area contributed by atoms with Gasteiger partial charge in [-0.05, 0) is 19.8 Å². The molecule has 0 rings (SSSR count). The number of hydrogen-bond donors (Lipinski definition) is 0. The van der Waals surface area contributed by atoms with Crippen LogP contribution in [0.5, 0.6) is 0 Å². The first kappa shape index (κ1) is 13.9. The molecule has 1 unspecified atom stereocenters. The Labute approximate surface area is 90.9 Å². The molecular formula is C11H20O4. The Kier molecular flexibility index (Phi) is 7.68. The smallest absolute Gasteiger partial charge is 0.317 e. The molecule has 0 aromatic heterocycles. The fraction of sp³-hybridized carbons (Fsp3) is 0.818. The molecule has 0 amide bonds. The summed E-state index contributed by atoms with van der Waals surface area (Å²) in [6, 6.07) is 0. The van der Waals surface area contributed by atoms with Crippen LogP contribution in [-0.2, 0) is 19.1 Å². The lowest BCUT2D eigenvalue weighted by Gasteiger charge is -2.14. The second kappa shape index (κ2) is 8.26. The molecule has 88 valence electrons. The molecule has 4 heteroatoms. The van der Waals surface area contributed by atoms with Crippen molar-refractivity contribution >= 4 is 11.9 Å². The molecule has 0 aliphatic carbocycles. The second-order valence-corrected chi connectivity index (χ2v) is 3.29. The number of hydrogen-bond acceptors (Lipinski definition) is 4.